The van der Waals surface area contributed by atoms with Crippen molar-refractivity contribution in [3.63, 3.8) is 0 Å². The summed E-state index contributed by atoms with van der Waals surface area (Å²) in [4.78, 5) is 4.32. The van der Waals surface area contributed by atoms with Crippen molar-refractivity contribution >= 4 is 5.95 Å². The maximum atomic E-state index is 13.3. The van der Waals surface area contributed by atoms with Crippen LogP contribution >= 0.6 is 0 Å². The van der Waals surface area contributed by atoms with Gasteiger partial charge in [0.2, 0.25) is 5.95 Å². The van der Waals surface area contributed by atoms with Crippen LogP contribution in [0.25, 0.3) is 0 Å². The normalized spacial score (nSPS) is 12.7. The topological polar surface area (TPSA) is 29.9 Å². The van der Waals surface area contributed by atoms with E-state index in [1.807, 2.05) is 23.8 Å². The molecule has 0 aliphatic heterocycles. The highest BCUT2D eigenvalue weighted by Gasteiger charge is 2.12. The molecule has 1 N–H and O–H groups in total. The van der Waals surface area contributed by atoms with Gasteiger partial charge < -0.3 is 9.88 Å². The van der Waals surface area contributed by atoms with E-state index in [0.29, 0.717) is 5.92 Å². The average molecular weight is 261 g/mol. The van der Waals surface area contributed by atoms with Gasteiger partial charge in [-0.05, 0) is 30.5 Å². The van der Waals surface area contributed by atoms with E-state index in [0.717, 1.165) is 18.1 Å². The van der Waals surface area contributed by atoms with Crippen molar-refractivity contribution < 1.29 is 4.39 Å². The summed E-state index contributed by atoms with van der Waals surface area (Å²) in [6.45, 7) is 7.20. The Morgan fingerprint density at radius 1 is 1.32 bits per heavy atom. The summed E-state index contributed by atoms with van der Waals surface area (Å²) in [5, 5.41) is 3.32. The molecule has 0 amide bonds. The van der Waals surface area contributed by atoms with Gasteiger partial charge in [0.05, 0.1) is 6.04 Å². The van der Waals surface area contributed by atoms with Crippen molar-refractivity contribution in [3.05, 3.63) is 48.0 Å². The highest BCUT2D eigenvalue weighted by Crippen LogP contribution is 2.22. The number of benzene rings is 1. The highest BCUT2D eigenvalue weighted by molar-refractivity contribution is 5.30. The minimum Gasteiger partial charge on any atom is -0.355 e. The smallest absolute Gasteiger partial charge is 0.203 e. The second-order valence-corrected chi connectivity index (χ2v) is 5.16. The number of nitrogens with zero attached hydrogens (tertiary/aromatic N) is 2. The first-order chi connectivity index (χ1) is 9.08. The van der Waals surface area contributed by atoms with Crippen LogP contribution in [-0.2, 0) is 0 Å². The molecule has 0 saturated heterocycles. The predicted octanol–water partition coefficient (Wildman–Crippen LogP) is 3.70. The lowest BCUT2D eigenvalue weighted by atomic mass is 10.1. The number of rotatable bonds is 5. The van der Waals surface area contributed by atoms with Crippen LogP contribution < -0.4 is 5.32 Å². The third-order valence-corrected chi connectivity index (χ3v) is 3.09. The molecule has 2 aromatic rings. The summed E-state index contributed by atoms with van der Waals surface area (Å²) in [5.74, 6) is 1.17. The van der Waals surface area contributed by atoms with Gasteiger partial charge in [0.25, 0.3) is 0 Å². The van der Waals surface area contributed by atoms with Gasteiger partial charge in [-0.3, -0.25) is 0 Å². The molecule has 1 heterocycles. The number of anilines is 1. The SMILES string of the molecule is CC(C)CNc1nccn1C(C)c1cccc(F)c1. The second kappa shape index (κ2) is 5.87. The minimum atomic E-state index is -0.207. The third-order valence-electron chi connectivity index (χ3n) is 3.09. The van der Waals surface area contributed by atoms with Gasteiger partial charge in [-0.1, -0.05) is 26.0 Å². The lowest BCUT2D eigenvalue weighted by molar-refractivity contribution is 0.603. The van der Waals surface area contributed by atoms with E-state index >= 15 is 0 Å². The Hall–Kier alpha value is -1.84. The molecule has 4 heteroatoms. The molecule has 102 valence electrons. The van der Waals surface area contributed by atoms with Gasteiger partial charge in [0.1, 0.15) is 5.82 Å². The summed E-state index contributed by atoms with van der Waals surface area (Å²) >= 11 is 0. The van der Waals surface area contributed by atoms with E-state index in [1.165, 1.54) is 6.07 Å². The molecule has 0 aliphatic carbocycles. The highest BCUT2D eigenvalue weighted by atomic mass is 19.1. The standard InChI is InChI=1S/C15H20FN3/c1-11(2)10-18-15-17-7-8-19(15)12(3)13-5-4-6-14(16)9-13/h4-9,11-12H,10H2,1-3H3,(H,17,18). The molecule has 1 unspecified atom stereocenters. The lowest BCUT2D eigenvalue weighted by Crippen LogP contribution is -2.15. The number of hydrogen-bond donors (Lipinski definition) is 1. The Morgan fingerprint density at radius 2 is 2.11 bits per heavy atom. The fraction of sp³-hybridized carbons (Fsp3) is 0.400. The molecule has 1 aromatic carbocycles. The summed E-state index contributed by atoms with van der Waals surface area (Å²) in [5.41, 5.74) is 0.936. The lowest BCUT2D eigenvalue weighted by Gasteiger charge is -2.18. The molecule has 0 spiro atoms. The largest absolute Gasteiger partial charge is 0.355 e. The second-order valence-electron chi connectivity index (χ2n) is 5.16. The van der Waals surface area contributed by atoms with Crippen LogP contribution in [0.15, 0.2) is 36.7 Å². The zero-order chi connectivity index (χ0) is 13.8. The first kappa shape index (κ1) is 13.6. The van der Waals surface area contributed by atoms with Gasteiger partial charge in [0, 0.05) is 18.9 Å². The number of imidazole rings is 1. The molecule has 19 heavy (non-hydrogen) atoms. The first-order valence-electron chi connectivity index (χ1n) is 6.60. The maximum absolute atomic E-state index is 13.3. The average Bonchev–Trinajstić information content (AvgIpc) is 2.83. The molecule has 1 atom stereocenters. The van der Waals surface area contributed by atoms with Crippen molar-refractivity contribution in [2.75, 3.05) is 11.9 Å². The minimum absolute atomic E-state index is 0.0489. The molecule has 3 nitrogen and oxygen atoms in total. The van der Waals surface area contributed by atoms with Gasteiger partial charge in [0.15, 0.2) is 0 Å². The van der Waals surface area contributed by atoms with Crippen molar-refractivity contribution in [1.29, 1.82) is 0 Å². The van der Waals surface area contributed by atoms with Gasteiger partial charge in [-0.15, -0.1) is 0 Å². The van der Waals surface area contributed by atoms with Gasteiger partial charge >= 0.3 is 0 Å². The molecule has 0 bridgehead atoms. The van der Waals surface area contributed by atoms with Gasteiger partial charge in [-0.2, -0.15) is 0 Å². The Morgan fingerprint density at radius 3 is 2.79 bits per heavy atom. The van der Waals surface area contributed by atoms with E-state index in [1.54, 1.807) is 18.3 Å². The van der Waals surface area contributed by atoms with E-state index in [9.17, 15) is 4.39 Å². The Labute approximate surface area is 113 Å². The molecular weight excluding hydrogens is 241 g/mol. The monoisotopic (exact) mass is 261 g/mol. The number of nitrogens with one attached hydrogen (secondary N) is 1. The summed E-state index contributed by atoms with van der Waals surface area (Å²) in [6, 6.07) is 6.74. The van der Waals surface area contributed by atoms with Crippen LogP contribution in [0.2, 0.25) is 0 Å². The van der Waals surface area contributed by atoms with Crippen LogP contribution in [0.4, 0.5) is 10.3 Å². The Bertz CT molecular complexity index is 534. The third kappa shape index (κ3) is 3.34. The predicted molar refractivity (Wildman–Crippen MR) is 75.8 cm³/mol. The fourth-order valence-electron chi connectivity index (χ4n) is 1.98. The van der Waals surface area contributed by atoms with Crippen molar-refractivity contribution in [1.82, 2.24) is 9.55 Å². The summed E-state index contributed by atoms with van der Waals surface area (Å²) in [6.07, 6.45) is 3.68. The van der Waals surface area contributed by atoms with E-state index in [4.69, 9.17) is 0 Å². The van der Waals surface area contributed by atoms with E-state index in [-0.39, 0.29) is 11.9 Å². The molecule has 0 fully saturated rings. The molecule has 2 rings (SSSR count). The fourth-order valence-corrected chi connectivity index (χ4v) is 1.98. The van der Waals surface area contributed by atoms with Crippen LogP contribution in [0.3, 0.4) is 0 Å². The van der Waals surface area contributed by atoms with Crippen molar-refractivity contribution in [2.45, 2.75) is 26.8 Å². The van der Waals surface area contributed by atoms with Crippen LogP contribution in [0.5, 0.6) is 0 Å². The van der Waals surface area contributed by atoms with Crippen molar-refractivity contribution in [2.24, 2.45) is 5.92 Å². The van der Waals surface area contributed by atoms with Crippen molar-refractivity contribution in [3.8, 4) is 0 Å². The summed E-state index contributed by atoms with van der Waals surface area (Å²) in [7, 11) is 0. The van der Waals surface area contributed by atoms with Crippen LogP contribution in [-0.4, -0.2) is 16.1 Å². The van der Waals surface area contributed by atoms with E-state index < -0.39 is 0 Å². The molecular formula is C15H20FN3. The first-order valence-corrected chi connectivity index (χ1v) is 6.60. The molecule has 0 aliphatic rings. The number of halogens is 1. The Kier molecular flexibility index (Phi) is 4.20. The number of aromatic nitrogens is 2. The molecule has 0 saturated carbocycles. The van der Waals surface area contributed by atoms with Crippen LogP contribution in [0.1, 0.15) is 32.4 Å². The van der Waals surface area contributed by atoms with Gasteiger partial charge in [-0.25, -0.2) is 9.37 Å². The Balaban J connectivity index is 2.19. The zero-order valence-corrected chi connectivity index (χ0v) is 11.6. The van der Waals surface area contributed by atoms with Crippen LogP contribution in [0, 0.1) is 11.7 Å². The molecule has 0 radical (unpaired) electrons. The number of hydrogen-bond acceptors (Lipinski definition) is 2. The summed E-state index contributed by atoms with van der Waals surface area (Å²) < 4.78 is 15.3. The van der Waals surface area contributed by atoms with E-state index in [2.05, 4.69) is 24.1 Å². The quantitative estimate of drug-likeness (QED) is 0.889. The maximum Gasteiger partial charge on any atom is 0.203 e. The molecule has 1 aromatic heterocycles. The zero-order valence-electron chi connectivity index (χ0n) is 11.6.